The number of rotatable bonds is 8. The van der Waals surface area contributed by atoms with Gasteiger partial charge in [0, 0.05) is 21.8 Å². The number of aromatic nitrogens is 3. The predicted octanol–water partition coefficient (Wildman–Crippen LogP) is 6.62. The van der Waals surface area contributed by atoms with Crippen LogP contribution in [0.1, 0.15) is 30.0 Å². The summed E-state index contributed by atoms with van der Waals surface area (Å²) in [6.45, 7) is 8.41. The van der Waals surface area contributed by atoms with Gasteiger partial charge < -0.3 is 4.74 Å². The molecule has 1 unspecified atom stereocenters. The monoisotopic (exact) mass is 477 g/mol. The van der Waals surface area contributed by atoms with Gasteiger partial charge in [0.25, 0.3) is 0 Å². The summed E-state index contributed by atoms with van der Waals surface area (Å²) in [5.41, 5.74) is 2.19. The average Bonchev–Trinajstić information content (AvgIpc) is 3.06. The van der Waals surface area contributed by atoms with Crippen molar-refractivity contribution in [1.29, 1.82) is 0 Å². The Morgan fingerprint density at radius 3 is 2.82 bits per heavy atom. The lowest BCUT2D eigenvalue weighted by Crippen LogP contribution is -2.12. The van der Waals surface area contributed by atoms with Crippen LogP contribution >= 0.6 is 39.3 Å². The Morgan fingerprint density at radius 2 is 2.11 bits per heavy atom. The van der Waals surface area contributed by atoms with Crippen molar-refractivity contribution in [3.63, 3.8) is 0 Å². The molecule has 3 aromatic rings. The molecule has 28 heavy (non-hydrogen) atoms. The number of halogens is 2. The van der Waals surface area contributed by atoms with E-state index in [1.54, 1.807) is 11.8 Å². The highest BCUT2D eigenvalue weighted by Crippen LogP contribution is 2.28. The number of benzene rings is 2. The highest BCUT2D eigenvalue weighted by Gasteiger charge is 2.19. The fourth-order valence-corrected chi connectivity index (χ4v) is 4.19. The smallest absolute Gasteiger partial charge is 0.191 e. The molecule has 0 saturated heterocycles. The van der Waals surface area contributed by atoms with Gasteiger partial charge in [-0.1, -0.05) is 57.5 Å². The van der Waals surface area contributed by atoms with Crippen molar-refractivity contribution in [2.45, 2.75) is 37.4 Å². The van der Waals surface area contributed by atoms with Crippen molar-refractivity contribution in [2.24, 2.45) is 0 Å². The number of hydrogen-bond donors (Lipinski definition) is 0. The molecule has 0 spiro atoms. The minimum atomic E-state index is -0.256. The van der Waals surface area contributed by atoms with Crippen molar-refractivity contribution in [1.82, 2.24) is 14.8 Å². The molecule has 2 aromatic carbocycles. The predicted molar refractivity (Wildman–Crippen MR) is 119 cm³/mol. The summed E-state index contributed by atoms with van der Waals surface area (Å²) in [6, 6.07) is 13.9. The lowest BCUT2D eigenvalue weighted by Gasteiger charge is -2.16. The van der Waals surface area contributed by atoms with Crippen LogP contribution in [-0.2, 0) is 12.3 Å². The molecule has 3 rings (SSSR count). The molecule has 0 bridgehead atoms. The Balaban J connectivity index is 1.77. The first kappa shape index (κ1) is 21.0. The normalized spacial score (nSPS) is 12.0. The minimum absolute atomic E-state index is 0.256. The zero-order valence-electron chi connectivity index (χ0n) is 15.7. The largest absolute Gasteiger partial charge is 0.483 e. The zero-order chi connectivity index (χ0) is 20.1. The van der Waals surface area contributed by atoms with Crippen LogP contribution in [0.2, 0.25) is 5.02 Å². The number of hydrogen-bond acceptors (Lipinski definition) is 4. The molecule has 0 radical (unpaired) electrons. The van der Waals surface area contributed by atoms with Gasteiger partial charge >= 0.3 is 0 Å². The van der Waals surface area contributed by atoms with Crippen LogP contribution in [0.25, 0.3) is 0 Å². The average molecular weight is 479 g/mol. The maximum absolute atomic E-state index is 6.10. The van der Waals surface area contributed by atoms with Crippen molar-refractivity contribution >= 4 is 39.3 Å². The van der Waals surface area contributed by atoms with Gasteiger partial charge in [-0.2, -0.15) is 0 Å². The maximum atomic E-state index is 6.10. The molecule has 1 atom stereocenters. The first-order valence-corrected chi connectivity index (χ1v) is 11.0. The summed E-state index contributed by atoms with van der Waals surface area (Å²) >= 11 is 11.3. The van der Waals surface area contributed by atoms with Crippen LogP contribution in [-0.4, -0.2) is 14.8 Å². The zero-order valence-corrected chi connectivity index (χ0v) is 18.9. The van der Waals surface area contributed by atoms with Crippen molar-refractivity contribution in [3.8, 4) is 5.75 Å². The molecule has 0 aliphatic heterocycles. The summed E-state index contributed by atoms with van der Waals surface area (Å²) in [5, 5.41) is 10.3. The van der Waals surface area contributed by atoms with Gasteiger partial charge in [-0.3, -0.25) is 4.57 Å². The van der Waals surface area contributed by atoms with Gasteiger partial charge in [0.15, 0.2) is 17.1 Å². The Bertz CT molecular complexity index is 976. The van der Waals surface area contributed by atoms with E-state index in [0.717, 1.165) is 37.5 Å². The van der Waals surface area contributed by atoms with Gasteiger partial charge in [0.1, 0.15) is 5.75 Å². The molecule has 1 aromatic heterocycles. The molecule has 0 aliphatic carbocycles. The topological polar surface area (TPSA) is 39.9 Å². The summed E-state index contributed by atoms with van der Waals surface area (Å²) in [4.78, 5) is 0. The molecular weight excluding hydrogens is 458 g/mol. The first-order chi connectivity index (χ1) is 13.5. The van der Waals surface area contributed by atoms with E-state index >= 15 is 0 Å². The molecule has 0 N–H and O–H groups in total. The fourth-order valence-electron chi connectivity index (χ4n) is 2.73. The number of ether oxygens (including phenoxy) is 1. The molecule has 7 heteroatoms. The van der Waals surface area contributed by atoms with E-state index in [4.69, 9.17) is 16.3 Å². The van der Waals surface area contributed by atoms with Gasteiger partial charge in [-0.25, -0.2) is 0 Å². The van der Waals surface area contributed by atoms with Crippen LogP contribution in [0.15, 0.2) is 64.7 Å². The van der Waals surface area contributed by atoms with Gasteiger partial charge in [0.2, 0.25) is 0 Å². The fraction of sp³-hybridized carbons (Fsp3) is 0.238. The number of nitrogens with zero attached hydrogens (tertiary/aromatic N) is 3. The van der Waals surface area contributed by atoms with E-state index in [9.17, 15) is 0 Å². The maximum Gasteiger partial charge on any atom is 0.191 e. The lowest BCUT2D eigenvalue weighted by atomic mass is 10.2. The standard InChI is InChI=1S/C21H21BrClN3OS/c1-4-10-26-20(15(3)27-18-8-9-19(23)14(2)11-18)24-25-21(26)28-13-16-6-5-7-17(22)12-16/h4-9,11-12,15H,1,10,13H2,2-3H3. The second-order valence-electron chi connectivity index (χ2n) is 6.33. The highest BCUT2D eigenvalue weighted by atomic mass is 79.9. The van der Waals surface area contributed by atoms with E-state index in [1.165, 1.54) is 5.56 Å². The quantitative estimate of drug-likeness (QED) is 0.269. The molecular formula is C21H21BrClN3OS. The summed E-state index contributed by atoms with van der Waals surface area (Å²) in [6.07, 6.45) is 1.59. The van der Waals surface area contributed by atoms with Gasteiger partial charge in [-0.15, -0.1) is 16.8 Å². The molecule has 0 fully saturated rings. The second kappa shape index (κ2) is 9.63. The van der Waals surface area contributed by atoms with E-state index in [-0.39, 0.29) is 6.10 Å². The Morgan fingerprint density at radius 1 is 1.29 bits per heavy atom. The first-order valence-electron chi connectivity index (χ1n) is 8.82. The summed E-state index contributed by atoms with van der Waals surface area (Å²) in [5.74, 6) is 2.33. The third kappa shape index (κ3) is 5.19. The van der Waals surface area contributed by atoms with Gasteiger partial charge in [0.05, 0.1) is 0 Å². The summed E-state index contributed by atoms with van der Waals surface area (Å²) < 4.78 is 9.20. The molecule has 0 amide bonds. The number of allylic oxidation sites excluding steroid dienone is 1. The lowest BCUT2D eigenvalue weighted by molar-refractivity contribution is 0.210. The Kier molecular flexibility index (Phi) is 7.21. The number of thioether (sulfide) groups is 1. The van der Waals surface area contributed by atoms with Crippen LogP contribution in [0, 0.1) is 6.92 Å². The Labute approximate surface area is 183 Å². The van der Waals surface area contributed by atoms with E-state index in [2.05, 4.69) is 44.8 Å². The van der Waals surface area contributed by atoms with Crippen LogP contribution < -0.4 is 4.74 Å². The van der Waals surface area contributed by atoms with Crippen molar-refractivity contribution in [3.05, 3.63) is 81.6 Å². The molecule has 1 heterocycles. The van der Waals surface area contributed by atoms with E-state index < -0.39 is 0 Å². The molecule has 0 aliphatic rings. The van der Waals surface area contributed by atoms with Crippen LogP contribution in [0.4, 0.5) is 0 Å². The SMILES string of the molecule is C=CCn1c(SCc2cccc(Br)c2)nnc1C(C)Oc1ccc(Cl)c(C)c1. The molecule has 0 saturated carbocycles. The second-order valence-corrected chi connectivity index (χ2v) is 8.60. The minimum Gasteiger partial charge on any atom is -0.483 e. The van der Waals surface area contributed by atoms with Crippen molar-refractivity contribution < 1.29 is 4.74 Å². The molecule has 4 nitrogen and oxygen atoms in total. The van der Waals surface area contributed by atoms with Crippen molar-refractivity contribution in [2.75, 3.05) is 0 Å². The number of aryl methyl sites for hydroxylation is 1. The van der Waals surface area contributed by atoms with Crippen LogP contribution in [0.3, 0.4) is 0 Å². The van der Waals surface area contributed by atoms with Crippen LogP contribution in [0.5, 0.6) is 5.75 Å². The molecule has 146 valence electrons. The summed E-state index contributed by atoms with van der Waals surface area (Å²) in [7, 11) is 0. The highest BCUT2D eigenvalue weighted by molar-refractivity contribution is 9.10. The third-order valence-corrected chi connectivity index (χ3v) is 6.08. The van der Waals surface area contributed by atoms with E-state index in [1.807, 2.05) is 54.8 Å². The van der Waals surface area contributed by atoms with E-state index in [0.29, 0.717) is 6.54 Å². The van der Waals surface area contributed by atoms with Gasteiger partial charge in [-0.05, 0) is 55.3 Å². The third-order valence-electron chi connectivity index (χ3n) is 4.12. The Hall–Kier alpha value is -1.76.